The average Bonchev–Trinajstić information content (AvgIpc) is 3.46. The number of anilines is 1. The van der Waals surface area contributed by atoms with Gasteiger partial charge < -0.3 is 14.8 Å². The highest BCUT2D eigenvalue weighted by molar-refractivity contribution is 9.10. The molecule has 1 N–H and O–H groups in total. The lowest BCUT2D eigenvalue weighted by molar-refractivity contribution is -0.127. The number of thiophene rings is 1. The molecule has 3 aromatic rings. The average molecular weight is 573 g/mol. The molecule has 11 heteroatoms. The summed E-state index contributed by atoms with van der Waals surface area (Å²) in [7, 11) is 1.42. The lowest BCUT2D eigenvalue weighted by Gasteiger charge is -2.13. The van der Waals surface area contributed by atoms with Crippen molar-refractivity contribution in [1.82, 2.24) is 4.90 Å². The van der Waals surface area contributed by atoms with E-state index >= 15 is 0 Å². The first-order chi connectivity index (χ1) is 16.9. The predicted octanol–water partition coefficient (Wildman–Crippen LogP) is 5.41. The Balaban J connectivity index is 1.50. The summed E-state index contributed by atoms with van der Waals surface area (Å²) in [6.07, 6.45) is 1.51. The number of carbonyl (C=O) groups excluding carboxylic acids is 4. The molecule has 0 radical (unpaired) electrons. The number of methoxy groups -OCH3 is 1. The van der Waals surface area contributed by atoms with Gasteiger partial charge in [0.25, 0.3) is 11.1 Å². The number of hydrogen-bond donors (Lipinski definition) is 1. The third kappa shape index (κ3) is 5.81. The van der Waals surface area contributed by atoms with Crippen molar-refractivity contribution < 1.29 is 28.7 Å². The maximum Gasteiger partial charge on any atom is 0.353 e. The number of benzene rings is 2. The van der Waals surface area contributed by atoms with Gasteiger partial charge in [0.2, 0.25) is 5.91 Å². The van der Waals surface area contributed by atoms with Crippen LogP contribution >= 0.6 is 39.0 Å². The number of ether oxygens (including phenoxy) is 2. The summed E-state index contributed by atoms with van der Waals surface area (Å²) in [6.45, 7) is -0.401. The predicted molar refractivity (Wildman–Crippen MR) is 138 cm³/mol. The van der Waals surface area contributed by atoms with Crippen LogP contribution < -0.4 is 14.8 Å². The monoisotopic (exact) mass is 572 g/mol. The molecular weight excluding hydrogens is 556 g/mol. The van der Waals surface area contributed by atoms with Crippen LogP contribution in [0, 0.1) is 0 Å². The number of thioether (sulfide) groups is 1. The Kier molecular flexibility index (Phi) is 7.69. The molecule has 1 aromatic heterocycles. The molecule has 0 bridgehead atoms. The molecule has 2 heterocycles. The molecule has 1 aliphatic heterocycles. The highest BCUT2D eigenvalue weighted by Crippen LogP contribution is 2.39. The third-order valence-electron chi connectivity index (χ3n) is 4.70. The van der Waals surface area contributed by atoms with Crippen LogP contribution in [0.3, 0.4) is 0 Å². The van der Waals surface area contributed by atoms with E-state index in [1.54, 1.807) is 53.9 Å². The fraction of sp³-hybridized carbons (Fsp3) is 0.0833. The van der Waals surface area contributed by atoms with Gasteiger partial charge in [0.05, 0.1) is 16.5 Å². The van der Waals surface area contributed by atoms with Gasteiger partial charge in [-0.05, 0) is 75.0 Å². The number of rotatable bonds is 7. The van der Waals surface area contributed by atoms with Crippen molar-refractivity contribution in [3.05, 3.63) is 79.8 Å². The molecule has 0 aliphatic carbocycles. The first-order valence-corrected chi connectivity index (χ1v) is 12.6. The topological polar surface area (TPSA) is 102 Å². The van der Waals surface area contributed by atoms with E-state index in [-0.39, 0.29) is 16.4 Å². The van der Waals surface area contributed by atoms with Crippen molar-refractivity contribution in [3.63, 3.8) is 0 Å². The van der Waals surface area contributed by atoms with Crippen molar-refractivity contribution >= 4 is 73.8 Å². The molecule has 8 nitrogen and oxygen atoms in total. The Labute approximate surface area is 217 Å². The second-order valence-electron chi connectivity index (χ2n) is 7.08. The standard InChI is InChI=1S/C24H17BrN2O6S2/c1-32-17-11-14(10-16(25)21(17)33-23(30)18-8-5-9-34-18)12-19-22(29)27(24(31)35-19)13-20(28)26-15-6-3-2-4-7-15/h2-12H,13H2,1H3,(H,26,28)/b19-12-. The minimum absolute atomic E-state index is 0.153. The number of nitrogens with zero attached hydrogens (tertiary/aromatic N) is 1. The van der Waals surface area contributed by atoms with Gasteiger partial charge in [-0.2, -0.15) is 0 Å². The summed E-state index contributed by atoms with van der Waals surface area (Å²) in [5, 5.41) is 3.88. The van der Waals surface area contributed by atoms with Gasteiger partial charge >= 0.3 is 5.97 Å². The van der Waals surface area contributed by atoms with Gasteiger partial charge in [-0.1, -0.05) is 24.3 Å². The Morgan fingerprint density at radius 3 is 2.57 bits per heavy atom. The fourth-order valence-electron chi connectivity index (χ4n) is 3.11. The molecule has 1 aliphatic rings. The number of nitrogens with one attached hydrogen (secondary N) is 1. The zero-order valence-corrected chi connectivity index (χ0v) is 21.4. The third-order valence-corrected chi connectivity index (χ3v) is 7.05. The summed E-state index contributed by atoms with van der Waals surface area (Å²) in [5.41, 5.74) is 1.10. The largest absolute Gasteiger partial charge is 0.493 e. The molecule has 178 valence electrons. The van der Waals surface area contributed by atoms with Gasteiger partial charge in [-0.3, -0.25) is 19.3 Å². The van der Waals surface area contributed by atoms with E-state index in [4.69, 9.17) is 9.47 Å². The number of halogens is 1. The summed E-state index contributed by atoms with van der Waals surface area (Å²) in [5.74, 6) is -1.14. The van der Waals surface area contributed by atoms with Crippen LogP contribution in [-0.2, 0) is 9.59 Å². The van der Waals surface area contributed by atoms with Gasteiger partial charge in [0.1, 0.15) is 11.4 Å². The van der Waals surface area contributed by atoms with Gasteiger partial charge in [-0.15, -0.1) is 11.3 Å². The van der Waals surface area contributed by atoms with Crippen molar-refractivity contribution in [2.75, 3.05) is 19.0 Å². The number of para-hydroxylation sites is 1. The smallest absolute Gasteiger partial charge is 0.353 e. The zero-order valence-electron chi connectivity index (χ0n) is 18.1. The molecule has 0 unspecified atom stereocenters. The molecular formula is C24H17BrN2O6S2. The Bertz CT molecular complexity index is 1330. The van der Waals surface area contributed by atoms with E-state index in [1.165, 1.54) is 24.5 Å². The van der Waals surface area contributed by atoms with Crippen LogP contribution in [0.2, 0.25) is 0 Å². The van der Waals surface area contributed by atoms with Crippen LogP contribution in [0.4, 0.5) is 10.5 Å². The molecule has 0 spiro atoms. The highest BCUT2D eigenvalue weighted by Gasteiger charge is 2.36. The van der Waals surface area contributed by atoms with Crippen LogP contribution in [-0.4, -0.2) is 41.6 Å². The van der Waals surface area contributed by atoms with Crippen LogP contribution in [0.15, 0.2) is 69.4 Å². The summed E-state index contributed by atoms with van der Waals surface area (Å²) < 4.78 is 11.3. The minimum Gasteiger partial charge on any atom is -0.493 e. The van der Waals surface area contributed by atoms with Crippen LogP contribution in [0.25, 0.3) is 6.08 Å². The SMILES string of the molecule is COc1cc(/C=C2\SC(=O)N(CC(=O)Nc3ccccc3)C2=O)cc(Br)c1OC(=O)c1cccs1. The van der Waals surface area contributed by atoms with Crippen LogP contribution in [0.1, 0.15) is 15.2 Å². The first-order valence-electron chi connectivity index (χ1n) is 10.1. The number of imide groups is 1. The number of amides is 3. The summed E-state index contributed by atoms with van der Waals surface area (Å²) in [6, 6.07) is 15.4. The lowest BCUT2D eigenvalue weighted by Crippen LogP contribution is -2.36. The highest BCUT2D eigenvalue weighted by atomic mass is 79.9. The summed E-state index contributed by atoms with van der Waals surface area (Å²) in [4.78, 5) is 51.4. The molecule has 1 fully saturated rings. The van der Waals surface area contributed by atoms with E-state index in [2.05, 4.69) is 21.2 Å². The van der Waals surface area contributed by atoms with Crippen LogP contribution in [0.5, 0.6) is 11.5 Å². The molecule has 2 aromatic carbocycles. The molecule has 35 heavy (non-hydrogen) atoms. The quantitative estimate of drug-likeness (QED) is 0.229. The van der Waals surface area contributed by atoms with E-state index in [0.29, 0.717) is 20.6 Å². The van der Waals surface area contributed by atoms with E-state index in [0.717, 1.165) is 16.7 Å². The Morgan fingerprint density at radius 2 is 1.89 bits per heavy atom. The maximum atomic E-state index is 12.8. The van der Waals surface area contributed by atoms with E-state index in [9.17, 15) is 19.2 Å². The maximum absolute atomic E-state index is 12.8. The fourth-order valence-corrected chi connectivity index (χ4v) is 5.09. The molecule has 0 saturated carbocycles. The van der Waals surface area contributed by atoms with E-state index < -0.39 is 29.6 Å². The van der Waals surface area contributed by atoms with Gasteiger partial charge in [-0.25, -0.2) is 4.79 Å². The normalized spacial score (nSPS) is 14.3. The molecule has 1 saturated heterocycles. The molecule has 4 rings (SSSR count). The zero-order chi connectivity index (χ0) is 24.9. The van der Waals surface area contributed by atoms with Gasteiger partial charge in [0, 0.05) is 5.69 Å². The van der Waals surface area contributed by atoms with Crippen molar-refractivity contribution in [3.8, 4) is 11.5 Å². The van der Waals surface area contributed by atoms with Gasteiger partial charge in [0.15, 0.2) is 11.5 Å². The van der Waals surface area contributed by atoms with Crippen molar-refractivity contribution in [2.24, 2.45) is 0 Å². The number of hydrogen-bond acceptors (Lipinski definition) is 8. The van der Waals surface area contributed by atoms with Crippen molar-refractivity contribution in [1.29, 1.82) is 0 Å². The Morgan fingerprint density at radius 1 is 1.11 bits per heavy atom. The number of carbonyl (C=O) groups is 4. The van der Waals surface area contributed by atoms with E-state index in [1.807, 2.05) is 6.07 Å². The van der Waals surface area contributed by atoms with Crippen molar-refractivity contribution in [2.45, 2.75) is 0 Å². The first kappa shape index (κ1) is 24.7. The Hall–Kier alpha value is -3.41. The number of esters is 1. The second kappa shape index (κ2) is 10.9. The lowest BCUT2D eigenvalue weighted by atomic mass is 10.2. The second-order valence-corrected chi connectivity index (χ2v) is 9.88. The summed E-state index contributed by atoms with van der Waals surface area (Å²) >= 11 is 5.37. The molecule has 3 amide bonds. The molecule has 0 atom stereocenters. The minimum atomic E-state index is -0.577.